The third kappa shape index (κ3) is 5.78. The fraction of sp³-hybridized carbons (Fsp3) is 0.667. The minimum Gasteiger partial charge on any atom is -0.497 e. The average molecular weight is 422 g/mol. The van der Waals surface area contributed by atoms with Gasteiger partial charge in [-0.05, 0) is 6.07 Å². The summed E-state index contributed by atoms with van der Waals surface area (Å²) in [5.41, 5.74) is -0.877. The molecule has 1 aromatic rings. The summed E-state index contributed by atoms with van der Waals surface area (Å²) in [6.45, 7) is -0.906. The standard InChI is InChI=1S/C18H25F3N2O6/c1-25-11-23-15(10-28-7-5-18(19,20)21)17(16(23)24,29-12-26-2)9-13-8-14(27-3)4-6-22-13/h4,6,8,15H,5,7,9-12H2,1-3H3/t15-,17+/m0/s1. The second-order valence-electron chi connectivity index (χ2n) is 6.45. The van der Waals surface area contributed by atoms with Crippen LogP contribution in [0.2, 0.25) is 0 Å². The molecule has 8 nitrogen and oxygen atoms in total. The third-order valence-corrected chi connectivity index (χ3v) is 4.51. The number of ether oxygens (including phenoxy) is 5. The van der Waals surface area contributed by atoms with Crippen molar-refractivity contribution in [2.45, 2.75) is 30.7 Å². The maximum absolute atomic E-state index is 12.9. The van der Waals surface area contributed by atoms with Crippen LogP contribution >= 0.6 is 0 Å². The molecule has 0 aliphatic carbocycles. The van der Waals surface area contributed by atoms with Gasteiger partial charge >= 0.3 is 6.18 Å². The van der Waals surface area contributed by atoms with E-state index < -0.39 is 30.8 Å². The molecule has 164 valence electrons. The van der Waals surface area contributed by atoms with Crippen LogP contribution in [0, 0.1) is 0 Å². The van der Waals surface area contributed by atoms with Crippen molar-refractivity contribution in [2.24, 2.45) is 0 Å². The van der Waals surface area contributed by atoms with Crippen molar-refractivity contribution in [3.05, 3.63) is 24.0 Å². The molecule has 0 spiro atoms. The summed E-state index contributed by atoms with van der Waals surface area (Å²) in [4.78, 5) is 18.5. The highest BCUT2D eigenvalue weighted by Gasteiger charge is 2.62. The Hall–Kier alpha value is -1.95. The van der Waals surface area contributed by atoms with E-state index in [9.17, 15) is 18.0 Å². The van der Waals surface area contributed by atoms with Crippen molar-refractivity contribution >= 4 is 5.91 Å². The van der Waals surface area contributed by atoms with E-state index in [0.29, 0.717) is 11.4 Å². The topological polar surface area (TPSA) is 79.4 Å². The van der Waals surface area contributed by atoms with Gasteiger partial charge in [0, 0.05) is 38.6 Å². The van der Waals surface area contributed by atoms with Gasteiger partial charge < -0.3 is 28.6 Å². The summed E-state index contributed by atoms with van der Waals surface area (Å²) in [6, 6.07) is 2.64. The summed E-state index contributed by atoms with van der Waals surface area (Å²) in [5.74, 6) is 0.167. The Bertz CT molecular complexity index is 675. The second kappa shape index (κ2) is 10.2. The molecule has 0 N–H and O–H groups in total. The van der Waals surface area contributed by atoms with Gasteiger partial charge in [-0.25, -0.2) is 0 Å². The molecule has 0 radical (unpaired) electrons. The number of nitrogens with zero attached hydrogens (tertiary/aromatic N) is 2. The smallest absolute Gasteiger partial charge is 0.391 e. The molecule has 0 bridgehead atoms. The molecular weight excluding hydrogens is 397 g/mol. The summed E-state index contributed by atoms with van der Waals surface area (Å²) >= 11 is 0. The third-order valence-electron chi connectivity index (χ3n) is 4.51. The number of carbonyl (C=O) groups is 1. The maximum atomic E-state index is 12.9. The number of amides is 1. The van der Waals surface area contributed by atoms with Crippen molar-refractivity contribution in [2.75, 3.05) is 48.1 Å². The van der Waals surface area contributed by atoms with Crippen LogP contribution in [0.4, 0.5) is 13.2 Å². The van der Waals surface area contributed by atoms with E-state index in [1.807, 2.05) is 0 Å². The lowest BCUT2D eigenvalue weighted by Gasteiger charge is -2.54. The van der Waals surface area contributed by atoms with Gasteiger partial charge in [0.15, 0.2) is 5.60 Å². The molecule has 1 saturated heterocycles. The van der Waals surface area contributed by atoms with Gasteiger partial charge in [0.2, 0.25) is 0 Å². The quantitative estimate of drug-likeness (QED) is 0.289. The second-order valence-corrected chi connectivity index (χ2v) is 6.45. The number of halogens is 3. The van der Waals surface area contributed by atoms with E-state index in [1.54, 1.807) is 12.1 Å². The first-order valence-corrected chi connectivity index (χ1v) is 8.83. The van der Waals surface area contributed by atoms with Crippen LogP contribution in [0.5, 0.6) is 5.75 Å². The number of hydrogen-bond donors (Lipinski definition) is 0. The van der Waals surface area contributed by atoms with Crippen LogP contribution < -0.4 is 4.74 Å². The van der Waals surface area contributed by atoms with Crippen LogP contribution in [-0.4, -0.2) is 81.7 Å². The monoisotopic (exact) mass is 422 g/mol. The first kappa shape index (κ1) is 23.3. The SMILES string of the molecule is COCO[C@@]1(Cc2cc(OC)ccn2)C(=O)N(COC)[C@H]1COCCC(F)(F)F. The van der Waals surface area contributed by atoms with E-state index in [2.05, 4.69) is 4.98 Å². The minimum atomic E-state index is -4.32. The number of β-lactam (4-membered cyclic amide) rings is 1. The Kier molecular flexibility index (Phi) is 8.20. The van der Waals surface area contributed by atoms with E-state index in [1.165, 1.54) is 32.4 Å². The van der Waals surface area contributed by atoms with Gasteiger partial charge in [-0.1, -0.05) is 0 Å². The Morgan fingerprint density at radius 1 is 1.24 bits per heavy atom. The Labute approximate surface area is 166 Å². The van der Waals surface area contributed by atoms with E-state index >= 15 is 0 Å². The molecular formula is C18H25F3N2O6. The van der Waals surface area contributed by atoms with E-state index in [0.717, 1.165) is 0 Å². The number of methoxy groups -OCH3 is 3. The van der Waals surface area contributed by atoms with Gasteiger partial charge in [-0.15, -0.1) is 0 Å². The van der Waals surface area contributed by atoms with E-state index in [-0.39, 0.29) is 32.5 Å². The zero-order chi connectivity index (χ0) is 21.5. The molecule has 29 heavy (non-hydrogen) atoms. The highest BCUT2D eigenvalue weighted by molar-refractivity contribution is 5.93. The Balaban J connectivity index is 2.20. The van der Waals surface area contributed by atoms with Gasteiger partial charge in [-0.2, -0.15) is 13.2 Å². The highest BCUT2D eigenvalue weighted by atomic mass is 19.4. The Morgan fingerprint density at radius 2 is 2.00 bits per heavy atom. The molecule has 2 heterocycles. The predicted molar refractivity (Wildman–Crippen MR) is 94.2 cm³/mol. The van der Waals surface area contributed by atoms with Crippen molar-refractivity contribution in [3.63, 3.8) is 0 Å². The molecule has 1 aliphatic heterocycles. The number of carbonyl (C=O) groups excluding carboxylic acids is 1. The Morgan fingerprint density at radius 3 is 2.62 bits per heavy atom. The maximum Gasteiger partial charge on any atom is 0.391 e. The number of aromatic nitrogens is 1. The summed E-state index contributed by atoms with van der Waals surface area (Å²) < 4.78 is 63.3. The number of rotatable bonds is 12. The number of likely N-dealkylation sites (tertiary alicyclic amines) is 1. The first-order valence-electron chi connectivity index (χ1n) is 8.83. The molecule has 1 amide bonds. The van der Waals surface area contributed by atoms with E-state index in [4.69, 9.17) is 23.7 Å². The van der Waals surface area contributed by atoms with Crippen LogP contribution in [-0.2, 0) is 30.2 Å². The largest absolute Gasteiger partial charge is 0.497 e. The molecule has 0 saturated carbocycles. The molecule has 2 atom stereocenters. The lowest BCUT2D eigenvalue weighted by molar-refractivity contribution is -0.240. The molecule has 1 aromatic heterocycles. The zero-order valence-corrected chi connectivity index (χ0v) is 16.5. The van der Waals surface area contributed by atoms with Crippen LogP contribution in [0.1, 0.15) is 12.1 Å². The van der Waals surface area contributed by atoms with Gasteiger partial charge in [-0.3, -0.25) is 9.78 Å². The van der Waals surface area contributed by atoms with Crippen molar-refractivity contribution in [3.8, 4) is 5.75 Å². The zero-order valence-electron chi connectivity index (χ0n) is 16.5. The minimum absolute atomic E-state index is 0.0459. The van der Waals surface area contributed by atoms with Crippen molar-refractivity contribution in [1.82, 2.24) is 9.88 Å². The average Bonchev–Trinajstić information content (AvgIpc) is 2.69. The number of pyridine rings is 1. The summed E-state index contributed by atoms with van der Waals surface area (Å²) in [5, 5.41) is 0. The van der Waals surface area contributed by atoms with Crippen LogP contribution in [0.3, 0.4) is 0 Å². The fourth-order valence-corrected chi connectivity index (χ4v) is 3.12. The van der Waals surface area contributed by atoms with Gasteiger partial charge in [0.05, 0.1) is 32.8 Å². The molecule has 2 rings (SSSR count). The lowest BCUT2D eigenvalue weighted by atomic mass is 9.78. The number of hydrogen-bond acceptors (Lipinski definition) is 7. The fourth-order valence-electron chi connectivity index (χ4n) is 3.12. The predicted octanol–water partition coefficient (Wildman–Crippen LogP) is 1.78. The van der Waals surface area contributed by atoms with Gasteiger partial charge in [0.25, 0.3) is 5.91 Å². The first-order chi connectivity index (χ1) is 13.8. The van der Waals surface area contributed by atoms with Crippen molar-refractivity contribution < 1.29 is 41.7 Å². The highest BCUT2D eigenvalue weighted by Crippen LogP contribution is 2.38. The lowest BCUT2D eigenvalue weighted by Crippen LogP contribution is -2.77. The summed E-state index contributed by atoms with van der Waals surface area (Å²) in [6.07, 6.45) is -3.81. The van der Waals surface area contributed by atoms with Crippen molar-refractivity contribution in [1.29, 1.82) is 0 Å². The number of alkyl halides is 3. The molecule has 0 aromatic carbocycles. The van der Waals surface area contributed by atoms with Crippen LogP contribution in [0.25, 0.3) is 0 Å². The molecule has 0 unspecified atom stereocenters. The molecule has 11 heteroatoms. The normalized spacial score (nSPS) is 21.9. The summed E-state index contributed by atoms with van der Waals surface area (Å²) in [7, 11) is 4.32. The van der Waals surface area contributed by atoms with Gasteiger partial charge in [0.1, 0.15) is 19.3 Å². The molecule has 1 aliphatic rings. The molecule has 1 fully saturated rings. The van der Waals surface area contributed by atoms with Crippen LogP contribution in [0.15, 0.2) is 18.3 Å².